The fourth-order valence-corrected chi connectivity index (χ4v) is 1.04. The molecule has 0 unspecified atom stereocenters. The standard InChI is InChI=1S/C9H10N2O3/c10-9(14)11(8(13)6-12)7-4-2-1-3-5-7/h1-5,12H,6H2,(H2,10,14). The number of para-hydroxylation sites is 1. The van der Waals surface area contributed by atoms with Crippen molar-refractivity contribution < 1.29 is 14.7 Å². The van der Waals surface area contributed by atoms with Crippen molar-refractivity contribution in [2.45, 2.75) is 0 Å². The number of anilines is 1. The second-order valence-electron chi connectivity index (χ2n) is 2.56. The lowest BCUT2D eigenvalue weighted by Crippen LogP contribution is -2.42. The Balaban J connectivity index is 3.01. The topological polar surface area (TPSA) is 83.6 Å². The summed E-state index contributed by atoms with van der Waals surface area (Å²) < 4.78 is 0. The van der Waals surface area contributed by atoms with Crippen LogP contribution in [0.15, 0.2) is 30.3 Å². The molecule has 3 amide bonds. The molecular weight excluding hydrogens is 184 g/mol. The molecule has 5 nitrogen and oxygen atoms in total. The molecule has 0 atom stereocenters. The van der Waals surface area contributed by atoms with Crippen LogP contribution in [0, 0.1) is 0 Å². The van der Waals surface area contributed by atoms with E-state index in [4.69, 9.17) is 10.8 Å². The SMILES string of the molecule is NC(=O)N(C(=O)CO)c1ccccc1. The third-order valence-corrected chi connectivity index (χ3v) is 1.62. The zero-order valence-electron chi connectivity index (χ0n) is 7.38. The highest BCUT2D eigenvalue weighted by atomic mass is 16.3. The Morgan fingerprint density at radius 3 is 2.29 bits per heavy atom. The van der Waals surface area contributed by atoms with Crippen LogP contribution in [-0.4, -0.2) is 23.7 Å². The molecule has 1 aromatic rings. The van der Waals surface area contributed by atoms with E-state index in [0.29, 0.717) is 5.69 Å². The van der Waals surface area contributed by atoms with E-state index in [9.17, 15) is 9.59 Å². The summed E-state index contributed by atoms with van der Waals surface area (Å²) >= 11 is 0. The molecule has 5 heteroatoms. The van der Waals surface area contributed by atoms with Crippen LogP contribution < -0.4 is 10.6 Å². The molecule has 1 aromatic carbocycles. The monoisotopic (exact) mass is 194 g/mol. The van der Waals surface area contributed by atoms with Gasteiger partial charge in [-0.3, -0.25) is 4.79 Å². The van der Waals surface area contributed by atoms with Gasteiger partial charge >= 0.3 is 6.03 Å². The molecule has 0 radical (unpaired) electrons. The second kappa shape index (κ2) is 4.38. The normalized spacial score (nSPS) is 9.50. The van der Waals surface area contributed by atoms with Gasteiger partial charge in [-0.2, -0.15) is 0 Å². The molecule has 0 aliphatic carbocycles. The first-order valence-electron chi connectivity index (χ1n) is 3.95. The average Bonchev–Trinajstić information content (AvgIpc) is 2.19. The summed E-state index contributed by atoms with van der Waals surface area (Å²) in [6.07, 6.45) is 0. The van der Waals surface area contributed by atoms with Crippen molar-refractivity contribution in [1.82, 2.24) is 0 Å². The predicted octanol–water partition coefficient (Wildman–Crippen LogP) is 0.0906. The number of rotatable bonds is 2. The zero-order chi connectivity index (χ0) is 10.6. The molecule has 0 spiro atoms. The van der Waals surface area contributed by atoms with Crippen LogP contribution in [0.4, 0.5) is 10.5 Å². The number of urea groups is 1. The number of carbonyl (C=O) groups is 2. The van der Waals surface area contributed by atoms with E-state index >= 15 is 0 Å². The van der Waals surface area contributed by atoms with Crippen molar-refractivity contribution in [1.29, 1.82) is 0 Å². The average molecular weight is 194 g/mol. The molecular formula is C9H10N2O3. The van der Waals surface area contributed by atoms with Gasteiger partial charge in [0, 0.05) is 0 Å². The van der Waals surface area contributed by atoms with E-state index in [1.165, 1.54) is 0 Å². The first-order chi connectivity index (χ1) is 6.66. The number of hydrogen-bond donors (Lipinski definition) is 2. The molecule has 0 fully saturated rings. The fourth-order valence-electron chi connectivity index (χ4n) is 1.04. The van der Waals surface area contributed by atoms with Gasteiger partial charge in [0.05, 0.1) is 5.69 Å². The Morgan fingerprint density at radius 2 is 1.86 bits per heavy atom. The summed E-state index contributed by atoms with van der Waals surface area (Å²) in [5.74, 6) is -0.747. The number of hydrogen-bond acceptors (Lipinski definition) is 3. The van der Waals surface area contributed by atoms with E-state index in [2.05, 4.69) is 0 Å². The van der Waals surface area contributed by atoms with Gasteiger partial charge in [0.15, 0.2) is 0 Å². The van der Waals surface area contributed by atoms with Gasteiger partial charge in [-0.1, -0.05) is 18.2 Å². The van der Waals surface area contributed by atoms with E-state index in [1.54, 1.807) is 30.3 Å². The summed E-state index contributed by atoms with van der Waals surface area (Å²) in [6.45, 7) is -0.752. The molecule has 0 aliphatic rings. The molecule has 0 aromatic heterocycles. The van der Waals surface area contributed by atoms with Crippen molar-refractivity contribution in [3.63, 3.8) is 0 Å². The number of primary amides is 1. The van der Waals surface area contributed by atoms with Crippen molar-refractivity contribution in [3.05, 3.63) is 30.3 Å². The van der Waals surface area contributed by atoms with Crippen molar-refractivity contribution in [2.24, 2.45) is 5.73 Å². The molecule has 0 heterocycles. The zero-order valence-corrected chi connectivity index (χ0v) is 7.38. The summed E-state index contributed by atoms with van der Waals surface area (Å²) in [5.41, 5.74) is 5.35. The van der Waals surface area contributed by atoms with Crippen LogP contribution in [-0.2, 0) is 4.79 Å². The number of benzene rings is 1. The minimum Gasteiger partial charge on any atom is -0.387 e. The molecule has 74 valence electrons. The minimum absolute atomic E-state index is 0.346. The van der Waals surface area contributed by atoms with Crippen molar-refractivity contribution >= 4 is 17.6 Å². The lowest BCUT2D eigenvalue weighted by atomic mass is 10.3. The summed E-state index contributed by atoms with van der Waals surface area (Å²) in [5, 5.41) is 8.62. The summed E-state index contributed by atoms with van der Waals surface area (Å²) in [7, 11) is 0. The number of carbonyl (C=O) groups excluding carboxylic acids is 2. The number of aliphatic hydroxyl groups is 1. The third kappa shape index (κ3) is 2.08. The van der Waals surface area contributed by atoms with Gasteiger partial charge in [0.2, 0.25) is 0 Å². The first-order valence-corrected chi connectivity index (χ1v) is 3.95. The number of aliphatic hydroxyl groups excluding tert-OH is 1. The maximum Gasteiger partial charge on any atom is 0.326 e. The van der Waals surface area contributed by atoms with Gasteiger partial charge in [-0.15, -0.1) is 0 Å². The third-order valence-electron chi connectivity index (χ3n) is 1.62. The Hall–Kier alpha value is -1.88. The maximum atomic E-state index is 11.1. The molecule has 3 N–H and O–H groups in total. The summed E-state index contributed by atoms with van der Waals surface area (Å²) in [4.78, 5) is 22.8. The fraction of sp³-hybridized carbons (Fsp3) is 0.111. The van der Waals surface area contributed by atoms with Crippen LogP contribution in [0.2, 0.25) is 0 Å². The highest BCUT2D eigenvalue weighted by molar-refractivity contribution is 6.13. The van der Waals surface area contributed by atoms with Crippen molar-refractivity contribution in [2.75, 3.05) is 11.5 Å². The van der Waals surface area contributed by atoms with Crippen LogP contribution in [0.25, 0.3) is 0 Å². The Morgan fingerprint density at radius 1 is 1.29 bits per heavy atom. The maximum absolute atomic E-state index is 11.1. The first kappa shape index (κ1) is 10.2. The van der Waals surface area contributed by atoms with Crippen molar-refractivity contribution in [3.8, 4) is 0 Å². The van der Waals surface area contributed by atoms with Gasteiger partial charge in [0.25, 0.3) is 5.91 Å². The highest BCUT2D eigenvalue weighted by Crippen LogP contribution is 2.12. The van der Waals surface area contributed by atoms with Crippen LogP contribution in [0.3, 0.4) is 0 Å². The Labute approximate surface area is 80.7 Å². The number of nitrogens with two attached hydrogens (primary N) is 1. The van der Waals surface area contributed by atoms with E-state index in [1.807, 2.05) is 0 Å². The number of amides is 3. The van der Waals surface area contributed by atoms with Crippen LogP contribution >= 0.6 is 0 Å². The summed E-state index contributed by atoms with van der Waals surface area (Å²) in [6, 6.07) is 7.27. The van der Waals surface area contributed by atoms with Gasteiger partial charge in [-0.25, -0.2) is 9.69 Å². The van der Waals surface area contributed by atoms with E-state index in [0.717, 1.165) is 4.90 Å². The quantitative estimate of drug-likeness (QED) is 0.699. The van der Waals surface area contributed by atoms with Gasteiger partial charge in [-0.05, 0) is 12.1 Å². The van der Waals surface area contributed by atoms with Crippen LogP contribution in [0.1, 0.15) is 0 Å². The van der Waals surface area contributed by atoms with E-state index < -0.39 is 18.5 Å². The molecule has 0 bridgehead atoms. The van der Waals surface area contributed by atoms with Gasteiger partial charge < -0.3 is 10.8 Å². The smallest absolute Gasteiger partial charge is 0.326 e. The molecule has 0 saturated heterocycles. The lowest BCUT2D eigenvalue weighted by molar-refractivity contribution is -0.120. The lowest BCUT2D eigenvalue weighted by Gasteiger charge is -2.16. The number of imide groups is 1. The van der Waals surface area contributed by atoms with Gasteiger partial charge in [0.1, 0.15) is 6.61 Å². The Kier molecular flexibility index (Phi) is 3.19. The predicted molar refractivity (Wildman–Crippen MR) is 50.6 cm³/mol. The molecule has 1 rings (SSSR count). The minimum atomic E-state index is -0.907. The molecule has 0 aliphatic heterocycles. The molecule has 14 heavy (non-hydrogen) atoms. The number of nitrogens with zero attached hydrogens (tertiary/aromatic N) is 1. The second-order valence-corrected chi connectivity index (χ2v) is 2.56. The highest BCUT2D eigenvalue weighted by Gasteiger charge is 2.19. The van der Waals surface area contributed by atoms with E-state index in [-0.39, 0.29) is 0 Å². The van der Waals surface area contributed by atoms with Crippen LogP contribution in [0.5, 0.6) is 0 Å². The Bertz CT molecular complexity index is 337. The molecule has 0 saturated carbocycles. The largest absolute Gasteiger partial charge is 0.387 e.